The number of carbonyl (C=O) groups is 1. The normalized spacial score (nSPS) is 11.0. The van der Waals surface area contributed by atoms with Crippen molar-refractivity contribution in [3.63, 3.8) is 0 Å². The van der Waals surface area contributed by atoms with E-state index in [1.54, 1.807) is 0 Å². The van der Waals surface area contributed by atoms with Crippen LogP contribution in [0.5, 0.6) is 11.5 Å². The number of hydrogen-bond donors (Lipinski definition) is 1. The van der Waals surface area contributed by atoms with Gasteiger partial charge in [-0.15, -0.1) is 13.2 Å². The van der Waals surface area contributed by atoms with Gasteiger partial charge < -0.3 is 14.8 Å². The summed E-state index contributed by atoms with van der Waals surface area (Å²) in [5, 5.41) is 2.62. The average molecular weight is 357 g/mol. The molecule has 2 aromatic rings. The second-order valence-corrected chi connectivity index (χ2v) is 5.02. The van der Waals surface area contributed by atoms with Gasteiger partial charge in [0.15, 0.2) is 0 Å². The van der Waals surface area contributed by atoms with Crippen molar-refractivity contribution in [2.24, 2.45) is 0 Å². The van der Waals surface area contributed by atoms with Crippen LogP contribution in [0.4, 0.5) is 17.6 Å². The van der Waals surface area contributed by atoms with Crippen molar-refractivity contribution in [1.82, 2.24) is 5.32 Å². The third-order valence-corrected chi connectivity index (χ3v) is 3.03. The number of halogens is 4. The number of ether oxygens (including phenoxy) is 2. The van der Waals surface area contributed by atoms with Gasteiger partial charge >= 0.3 is 6.36 Å². The smallest absolute Gasteiger partial charge is 0.492 e. The summed E-state index contributed by atoms with van der Waals surface area (Å²) in [5.41, 5.74) is 0.548. The number of amides is 1. The maximum Gasteiger partial charge on any atom is 0.573 e. The molecule has 0 aliphatic carbocycles. The van der Waals surface area contributed by atoms with Crippen LogP contribution in [0.2, 0.25) is 0 Å². The molecule has 0 heterocycles. The van der Waals surface area contributed by atoms with Crippen molar-refractivity contribution >= 4 is 5.91 Å². The molecule has 2 aromatic carbocycles. The molecule has 0 saturated heterocycles. The molecule has 1 amide bonds. The Kier molecular flexibility index (Phi) is 6.21. The second-order valence-electron chi connectivity index (χ2n) is 5.02. The van der Waals surface area contributed by atoms with E-state index < -0.39 is 6.36 Å². The van der Waals surface area contributed by atoms with Crippen molar-refractivity contribution in [3.05, 3.63) is 59.9 Å². The van der Waals surface area contributed by atoms with E-state index >= 15 is 0 Å². The molecule has 0 saturated carbocycles. The molecule has 4 nitrogen and oxygen atoms in total. The van der Waals surface area contributed by atoms with Crippen LogP contribution in [0.25, 0.3) is 0 Å². The van der Waals surface area contributed by atoms with Gasteiger partial charge in [-0.25, -0.2) is 4.39 Å². The summed E-state index contributed by atoms with van der Waals surface area (Å²) < 4.78 is 57.9. The fraction of sp³-hybridized carbons (Fsp3) is 0.235. The van der Waals surface area contributed by atoms with E-state index in [0.29, 0.717) is 11.3 Å². The number of carbonyl (C=O) groups excluding carboxylic acids is 1. The van der Waals surface area contributed by atoms with Crippen LogP contribution in [0.3, 0.4) is 0 Å². The van der Waals surface area contributed by atoms with E-state index in [1.165, 1.54) is 36.4 Å². The Morgan fingerprint density at radius 3 is 2.16 bits per heavy atom. The quantitative estimate of drug-likeness (QED) is 0.610. The molecule has 0 atom stereocenters. The Bertz CT molecular complexity index is 685. The van der Waals surface area contributed by atoms with E-state index in [-0.39, 0.29) is 37.0 Å². The second kappa shape index (κ2) is 8.36. The molecule has 0 aliphatic rings. The Hall–Kier alpha value is -2.77. The largest absolute Gasteiger partial charge is 0.573 e. The lowest BCUT2D eigenvalue weighted by atomic mass is 10.1. The topological polar surface area (TPSA) is 47.6 Å². The molecular weight excluding hydrogens is 342 g/mol. The lowest BCUT2D eigenvalue weighted by Crippen LogP contribution is -2.29. The van der Waals surface area contributed by atoms with Crippen LogP contribution in [0.15, 0.2) is 48.5 Å². The fourth-order valence-electron chi connectivity index (χ4n) is 1.95. The summed E-state index contributed by atoms with van der Waals surface area (Å²) in [7, 11) is 0. The number of nitrogens with one attached hydrogen (secondary N) is 1. The maximum absolute atomic E-state index is 12.7. The van der Waals surface area contributed by atoms with Crippen LogP contribution in [0.1, 0.15) is 5.56 Å². The van der Waals surface area contributed by atoms with Crippen molar-refractivity contribution < 1.29 is 31.8 Å². The zero-order chi connectivity index (χ0) is 18.3. The van der Waals surface area contributed by atoms with Crippen molar-refractivity contribution in [2.75, 3.05) is 13.2 Å². The van der Waals surface area contributed by atoms with E-state index in [2.05, 4.69) is 10.1 Å². The highest BCUT2D eigenvalue weighted by Gasteiger charge is 2.30. The van der Waals surface area contributed by atoms with E-state index in [9.17, 15) is 22.4 Å². The third-order valence-electron chi connectivity index (χ3n) is 3.03. The molecule has 25 heavy (non-hydrogen) atoms. The molecule has 0 aliphatic heterocycles. The highest BCUT2D eigenvalue weighted by atomic mass is 19.4. The van der Waals surface area contributed by atoms with Gasteiger partial charge in [0.05, 0.1) is 13.0 Å². The van der Waals surface area contributed by atoms with Gasteiger partial charge in [0, 0.05) is 0 Å². The van der Waals surface area contributed by atoms with Crippen LogP contribution in [-0.2, 0) is 11.2 Å². The molecule has 1 N–H and O–H groups in total. The van der Waals surface area contributed by atoms with Gasteiger partial charge in [0.25, 0.3) is 0 Å². The summed E-state index contributed by atoms with van der Waals surface area (Å²) in [4.78, 5) is 11.8. The van der Waals surface area contributed by atoms with Crippen molar-refractivity contribution in [1.29, 1.82) is 0 Å². The lowest BCUT2D eigenvalue weighted by Gasteiger charge is -2.10. The van der Waals surface area contributed by atoms with Gasteiger partial charge in [-0.1, -0.05) is 12.1 Å². The molecule has 0 unspecified atom stereocenters. The summed E-state index contributed by atoms with van der Waals surface area (Å²) in [6.45, 7) is 0.446. The van der Waals surface area contributed by atoms with E-state index in [1.807, 2.05) is 0 Å². The summed E-state index contributed by atoms with van der Waals surface area (Å²) >= 11 is 0. The van der Waals surface area contributed by atoms with Gasteiger partial charge in [0.2, 0.25) is 5.91 Å². The molecule has 8 heteroatoms. The molecule has 0 fully saturated rings. The van der Waals surface area contributed by atoms with Crippen molar-refractivity contribution in [2.45, 2.75) is 12.8 Å². The zero-order valence-electron chi connectivity index (χ0n) is 13.0. The monoisotopic (exact) mass is 357 g/mol. The first-order valence-corrected chi connectivity index (χ1v) is 7.31. The summed E-state index contributed by atoms with van der Waals surface area (Å²) in [6.07, 6.45) is -4.73. The SMILES string of the molecule is O=C(Cc1ccc(OC(F)(F)F)cc1)NCCOc1ccc(F)cc1. The van der Waals surface area contributed by atoms with Crippen molar-refractivity contribution in [3.8, 4) is 11.5 Å². The highest BCUT2D eigenvalue weighted by molar-refractivity contribution is 5.78. The molecule has 134 valence electrons. The molecule has 0 spiro atoms. The van der Waals surface area contributed by atoms with Gasteiger partial charge in [-0.05, 0) is 42.0 Å². The van der Waals surface area contributed by atoms with Crippen LogP contribution in [0, 0.1) is 5.82 Å². The minimum Gasteiger partial charge on any atom is -0.492 e. The standard InChI is InChI=1S/C17H15F4NO3/c18-13-3-7-14(8-4-13)24-10-9-22-16(23)11-12-1-5-15(6-2-12)25-17(19,20)21/h1-8H,9-11H2,(H,22,23). The molecule has 0 bridgehead atoms. The molecule has 0 radical (unpaired) electrons. The van der Waals surface area contributed by atoms with Crippen LogP contribution < -0.4 is 14.8 Å². The summed E-state index contributed by atoms with van der Waals surface area (Å²) in [6, 6.07) is 10.5. The lowest BCUT2D eigenvalue weighted by molar-refractivity contribution is -0.274. The first kappa shape index (κ1) is 18.6. The third kappa shape index (κ3) is 7.11. The number of benzene rings is 2. The highest BCUT2D eigenvalue weighted by Crippen LogP contribution is 2.22. The van der Waals surface area contributed by atoms with Gasteiger partial charge in [-0.3, -0.25) is 4.79 Å². The van der Waals surface area contributed by atoms with Gasteiger partial charge in [-0.2, -0.15) is 0 Å². The predicted molar refractivity (Wildman–Crippen MR) is 81.7 cm³/mol. The van der Waals surface area contributed by atoms with Gasteiger partial charge in [0.1, 0.15) is 23.9 Å². The average Bonchev–Trinajstić information content (AvgIpc) is 2.54. The molecular formula is C17H15F4NO3. The Morgan fingerprint density at radius 2 is 1.56 bits per heavy atom. The molecule has 2 rings (SSSR count). The Morgan fingerprint density at radius 1 is 0.960 bits per heavy atom. The molecule has 0 aromatic heterocycles. The fourth-order valence-corrected chi connectivity index (χ4v) is 1.95. The van der Waals surface area contributed by atoms with Crippen LogP contribution in [-0.4, -0.2) is 25.4 Å². The first-order chi connectivity index (χ1) is 11.8. The number of rotatable bonds is 7. The minimum atomic E-state index is -4.75. The van der Waals surface area contributed by atoms with E-state index in [4.69, 9.17) is 4.74 Å². The predicted octanol–water partition coefficient (Wildman–Crippen LogP) is 3.46. The van der Waals surface area contributed by atoms with Crippen LogP contribution >= 0.6 is 0 Å². The Labute approximate surface area is 141 Å². The maximum atomic E-state index is 12.7. The van der Waals surface area contributed by atoms with E-state index in [0.717, 1.165) is 12.1 Å². The summed E-state index contributed by atoms with van der Waals surface area (Å²) in [5.74, 6) is -0.528. The number of hydrogen-bond acceptors (Lipinski definition) is 3. The minimum absolute atomic E-state index is 0.0167. The first-order valence-electron chi connectivity index (χ1n) is 7.31. The zero-order valence-corrected chi connectivity index (χ0v) is 13.0. The Balaban J connectivity index is 1.70. The number of alkyl halides is 3.